The molecule has 1 aliphatic heterocycles. The quantitative estimate of drug-likeness (QED) is 0.172. The lowest BCUT2D eigenvalue weighted by molar-refractivity contribution is -0.135. The second-order valence-electron chi connectivity index (χ2n) is 15.1. The van der Waals surface area contributed by atoms with E-state index in [0.717, 1.165) is 47.9 Å². The molecule has 0 radical (unpaired) electrons. The lowest BCUT2D eigenvalue weighted by Gasteiger charge is -2.35. The number of guanidine groups is 1. The van der Waals surface area contributed by atoms with Crippen LogP contribution in [0.2, 0.25) is 5.02 Å². The number of nitrogens with one attached hydrogen (secondary N) is 1. The highest BCUT2D eigenvalue weighted by molar-refractivity contribution is 6.32. The van der Waals surface area contributed by atoms with Gasteiger partial charge in [0, 0.05) is 17.3 Å². The van der Waals surface area contributed by atoms with Gasteiger partial charge in [-0.2, -0.15) is 10.2 Å². The van der Waals surface area contributed by atoms with Gasteiger partial charge in [-0.15, -0.1) is 0 Å². The largest absolute Gasteiger partial charge is 0.447 e. The highest BCUT2D eigenvalue weighted by atomic mass is 35.5. The van der Waals surface area contributed by atoms with E-state index in [1.165, 1.54) is 17.0 Å². The van der Waals surface area contributed by atoms with Crippen LogP contribution in [0.5, 0.6) is 0 Å². The fourth-order valence-corrected chi connectivity index (χ4v) is 6.78. The average Bonchev–Trinajstić information content (AvgIpc) is 3.89. The van der Waals surface area contributed by atoms with Crippen molar-refractivity contribution >= 4 is 29.6 Å². The van der Waals surface area contributed by atoms with Gasteiger partial charge in [-0.3, -0.25) is 14.4 Å². The first-order valence-corrected chi connectivity index (χ1v) is 17.3. The first-order chi connectivity index (χ1) is 24.2. The predicted octanol–water partition coefficient (Wildman–Crippen LogP) is 6.87. The summed E-state index contributed by atoms with van der Waals surface area (Å²) in [5.41, 5.74) is 7.39. The summed E-state index contributed by atoms with van der Waals surface area (Å²) in [7, 11) is 0. The first-order valence-electron chi connectivity index (χ1n) is 16.9. The second-order valence-corrected chi connectivity index (χ2v) is 15.5. The van der Waals surface area contributed by atoms with Gasteiger partial charge < -0.3 is 15.8 Å². The van der Waals surface area contributed by atoms with Gasteiger partial charge >= 0.3 is 6.09 Å². The molecule has 2 aromatic heterocycles. The van der Waals surface area contributed by atoms with Crippen molar-refractivity contribution in [3.8, 4) is 16.9 Å². The third kappa shape index (κ3) is 6.93. The van der Waals surface area contributed by atoms with Gasteiger partial charge in [-0.25, -0.2) is 28.2 Å². The molecule has 7 rings (SSSR count). The molecule has 3 N–H and O–H groups in total. The predicted molar refractivity (Wildman–Crippen MR) is 186 cm³/mol. The Kier molecular flexibility index (Phi) is 8.63. The van der Waals surface area contributed by atoms with Crippen molar-refractivity contribution in [2.45, 2.75) is 89.4 Å². The summed E-state index contributed by atoms with van der Waals surface area (Å²) in [6.07, 6.45) is 3.59. The normalized spacial score (nSPS) is 20.4. The molecular weight excluding hydrogens is 680 g/mol. The van der Waals surface area contributed by atoms with Crippen LogP contribution in [0.15, 0.2) is 66.0 Å². The van der Waals surface area contributed by atoms with Crippen LogP contribution in [-0.4, -0.2) is 59.6 Å². The molecule has 268 valence electrons. The zero-order valence-electron chi connectivity index (χ0n) is 28.8. The molecule has 2 amide bonds. The molecule has 2 fully saturated rings. The third-order valence-corrected chi connectivity index (χ3v) is 9.86. The molecule has 3 aliphatic rings. The van der Waals surface area contributed by atoms with E-state index in [2.05, 4.69) is 15.4 Å². The Morgan fingerprint density at radius 1 is 1.14 bits per heavy atom. The number of hydrogen-bond donors (Lipinski definition) is 2. The van der Waals surface area contributed by atoms with Crippen LogP contribution >= 0.6 is 11.6 Å². The number of amides is 2. The Bertz CT molecular complexity index is 2000. The van der Waals surface area contributed by atoms with Gasteiger partial charge in [0.1, 0.15) is 12.9 Å². The average molecular weight is 720 g/mol. The maximum Gasteiger partial charge on any atom is 0.407 e. The molecule has 0 spiro atoms. The van der Waals surface area contributed by atoms with E-state index in [4.69, 9.17) is 32.2 Å². The Hall–Kier alpha value is -4.85. The minimum atomic E-state index is -2.93. The fraction of sp³-hybridized carbons (Fsp3) is 0.444. The minimum absolute atomic E-state index is 0.0785. The highest BCUT2D eigenvalue weighted by Crippen LogP contribution is 2.46. The number of alkyl carbamates (subject to hydrolysis) is 1. The van der Waals surface area contributed by atoms with E-state index >= 15 is 0 Å². The van der Waals surface area contributed by atoms with Crippen LogP contribution in [0.1, 0.15) is 95.3 Å². The van der Waals surface area contributed by atoms with Gasteiger partial charge in [0.05, 0.1) is 28.5 Å². The maximum absolute atomic E-state index is 15.0. The monoisotopic (exact) mass is 719 g/mol. The summed E-state index contributed by atoms with van der Waals surface area (Å²) in [6.45, 7) is 7.64. The molecule has 0 bridgehead atoms. The summed E-state index contributed by atoms with van der Waals surface area (Å²) in [6, 6.07) is 13.7. The first kappa shape index (κ1) is 34.6. The van der Waals surface area contributed by atoms with E-state index < -0.39 is 35.8 Å². The maximum atomic E-state index is 15.0. The highest BCUT2D eigenvalue weighted by Gasteiger charge is 2.53. The topological polar surface area (TPSA) is 146 Å². The number of nitrogens with zero attached hydrogens (tertiary/aromatic N) is 7. The van der Waals surface area contributed by atoms with Crippen molar-refractivity contribution < 1.29 is 23.1 Å². The van der Waals surface area contributed by atoms with Gasteiger partial charge in [-0.1, -0.05) is 62.7 Å². The number of rotatable bonds is 11. The Morgan fingerprint density at radius 3 is 2.51 bits per heavy atom. The molecule has 2 atom stereocenters. The molecule has 0 unspecified atom stereocenters. The smallest absolute Gasteiger partial charge is 0.407 e. The summed E-state index contributed by atoms with van der Waals surface area (Å²) < 4.78 is 36.4. The molecule has 15 heteroatoms. The van der Waals surface area contributed by atoms with Gasteiger partial charge in [-0.05, 0) is 73.8 Å². The summed E-state index contributed by atoms with van der Waals surface area (Å²) in [4.78, 5) is 37.8. The van der Waals surface area contributed by atoms with Gasteiger partial charge in [0.25, 0.3) is 12.3 Å². The number of halogens is 3. The van der Waals surface area contributed by atoms with E-state index in [1.807, 2.05) is 68.9 Å². The van der Waals surface area contributed by atoms with Crippen molar-refractivity contribution in [2.75, 3.05) is 6.61 Å². The number of carbonyl (C=O) groups is 2. The summed E-state index contributed by atoms with van der Waals surface area (Å²) in [5.74, 6) is -1.11. The number of benzene rings is 2. The van der Waals surface area contributed by atoms with Crippen molar-refractivity contribution in [3.05, 3.63) is 83.0 Å². The minimum Gasteiger partial charge on any atom is -0.447 e. The van der Waals surface area contributed by atoms with Crippen LogP contribution < -0.4 is 11.1 Å². The Morgan fingerprint density at radius 2 is 1.86 bits per heavy atom. The molecule has 4 aromatic rings. The number of aromatic nitrogens is 5. The van der Waals surface area contributed by atoms with Crippen molar-refractivity contribution in [2.24, 2.45) is 16.1 Å². The number of alkyl halides is 2. The summed E-state index contributed by atoms with van der Waals surface area (Å²) >= 11 is 6.50. The van der Waals surface area contributed by atoms with Crippen molar-refractivity contribution in [1.82, 2.24) is 34.8 Å². The van der Waals surface area contributed by atoms with E-state index in [9.17, 15) is 18.4 Å². The molecule has 3 heterocycles. The van der Waals surface area contributed by atoms with E-state index in [-0.39, 0.29) is 34.2 Å². The number of nitrogens with two attached hydrogens (primary N) is 1. The zero-order valence-corrected chi connectivity index (χ0v) is 29.6. The number of aliphatic imine (C=N–C) groups is 1. The number of carbonyl (C=O) groups excluding carboxylic acids is 2. The van der Waals surface area contributed by atoms with Crippen LogP contribution in [0.3, 0.4) is 0 Å². The molecular formula is C36H40ClF2N9O3. The van der Waals surface area contributed by atoms with E-state index in [0.29, 0.717) is 23.6 Å². The second kappa shape index (κ2) is 12.7. The third-order valence-electron chi connectivity index (χ3n) is 9.54. The molecule has 2 aliphatic carbocycles. The standard InChI is InChI=1S/C36H40ClF2N9O3/c1-34(2,3)19-36(23-8-5-21(6-9-23)26-13-16-46(45-26)24-10-11-24)31(49)47(32(40)43-36)28(18-51-33(50)44-35(4)14-15-35)22-7-12-25(37)27(17-22)48-30(29(38)39)41-20-42-48/h5-9,12-13,16-17,20,24,28-29H,10-11,14-15,18-19H2,1-4H3,(H2,40,43)(H,44,50)/t28-,36-/m1/s1. The fourth-order valence-electron chi connectivity index (χ4n) is 6.58. The van der Waals surface area contributed by atoms with Crippen molar-refractivity contribution in [3.63, 3.8) is 0 Å². The van der Waals surface area contributed by atoms with Crippen LogP contribution in [-0.2, 0) is 15.1 Å². The van der Waals surface area contributed by atoms with Crippen molar-refractivity contribution in [1.29, 1.82) is 0 Å². The van der Waals surface area contributed by atoms with Gasteiger partial charge in [0.2, 0.25) is 0 Å². The lowest BCUT2D eigenvalue weighted by atomic mass is 9.75. The Labute approximate surface area is 299 Å². The van der Waals surface area contributed by atoms with E-state index in [1.54, 1.807) is 6.07 Å². The molecule has 2 aromatic carbocycles. The number of ether oxygens (including phenoxy) is 1. The molecule has 2 saturated carbocycles. The Balaban J connectivity index is 1.26. The summed E-state index contributed by atoms with van der Waals surface area (Å²) in [5, 5.41) is 11.7. The zero-order chi connectivity index (χ0) is 36.3. The molecule has 51 heavy (non-hydrogen) atoms. The number of hydrogen-bond acceptors (Lipinski definition) is 8. The SMILES string of the molecule is CC(C)(C)C[C@]1(c2ccc(-c3ccn(C4CC4)n3)cc2)N=C(N)N([C@H](COC(=O)NC2(C)CC2)c2ccc(Cl)c(-n3ncnc3C(F)F)c2)C1=O. The van der Waals surface area contributed by atoms with Crippen LogP contribution in [0, 0.1) is 5.41 Å². The molecule has 0 saturated heterocycles. The van der Waals surface area contributed by atoms with Gasteiger partial charge in [0.15, 0.2) is 17.3 Å². The van der Waals surface area contributed by atoms with Crippen LogP contribution in [0.25, 0.3) is 16.9 Å². The van der Waals surface area contributed by atoms with Crippen LogP contribution in [0.4, 0.5) is 13.6 Å². The lowest BCUT2D eigenvalue weighted by Crippen LogP contribution is -2.48. The molecule has 12 nitrogen and oxygen atoms in total.